The number of rotatable bonds is 2. The molecule has 0 spiro atoms. The van der Waals surface area contributed by atoms with Gasteiger partial charge in [0.2, 0.25) is 0 Å². The van der Waals surface area contributed by atoms with Gasteiger partial charge in [-0.3, -0.25) is 4.99 Å². The zero-order valence-corrected chi connectivity index (χ0v) is 13.7. The molecular weight excluding hydrogens is 256 g/mol. The molecule has 0 aromatic heterocycles. The van der Waals surface area contributed by atoms with E-state index in [2.05, 4.69) is 38.2 Å². The first-order chi connectivity index (χ1) is 10.2. The fraction of sp³-hybridized carbons (Fsp3) is 0.737. The monoisotopic (exact) mass is 284 g/mol. The predicted molar refractivity (Wildman–Crippen MR) is 88.7 cm³/mol. The number of hydrogen-bond donors (Lipinski definition) is 1. The number of nitrogens with zero attached hydrogens (tertiary/aromatic N) is 1. The highest BCUT2D eigenvalue weighted by atomic mass is 15.0. The van der Waals surface area contributed by atoms with Gasteiger partial charge < -0.3 is 5.32 Å². The van der Waals surface area contributed by atoms with Gasteiger partial charge in [-0.25, -0.2) is 0 Å². The Morgan fingerprint density at radius 1 is 1.38 bits per heavy atom. The average Bonchev–Trinajstić information content (AvgIpc) is 2.80. The zero-order valence-electron chi connectivity index (χ0n) is 13.7. The van der Waals surface area contributed by atoms with Crippen molar-refractivity contribution < 1.29 is 0 Å². The third kappa shape index (κ3) is 1.84. The van der Waals surface area contributed by atoms with E-state index in [1.165, 1.54) is 31.4 Å². The van der Waals surface area contributed by atoms with Crippen molar-refractivity contribution >= 4 is 5.71 Å². The van der Waals surface area contributed by atoms with Crippen LogP contribution < -0.4 is 5.32 Å². The lowest BCUT2D eigenvalue weighted by atomic mass is 9.62. The van der Waals surface area contributed by atoms with Gasteiger partial charge in [-0.15, -0.1) is 0 Å². The van der Waals surface area contributed by atoms with E-state index in [0.717, 1.165) is 24.8 Å². The molecule has 0 radical (unpaired) electrons. The smallest absolute Gasteiger partial charge is 0.0576 e. The highest BCUT2D eigenvalue weighted by molar-refractivity contribution is 5.93. The lowest BCUT2D eigenvalue weighted by molar-refractivity contribution is 0.129. The molecule has 4 aliphatic rings. The summed E-state index contributed by atoms with van der Waals surface area (Å²) in [5, 5.41) is 3.94. The summed E-state index contributed by atoms with van der Waals surface area (Å²) in [6, 6.07) is 0.543. The molecule has 1 N–H and O–H groups in total. The molecule has 0 aromatic carbocycles. The quantitative estimate of drug-likeness (QED) is 0.817. The van der Waals surface area contributed by atoms with Crippen molar-refractivity contribution in [1.82, 2.24) is 5.32 Å². The molecule has 2 nitrogen and oxygen atoms in total. The topological polar surface area (TPSA) is 24.4 Å². The molecule has 2 aliphatic heterocycles. The average molecular weight is 284 g/mol. The Morgan fingerprint density at radius 2 is 2.24 bits per heavy atom. The molecule has 21 heavy (non-hydrogen) atoms. The molecule has 2 heteroatoms. The Labute approximate surface area is 128 Å². The van der Waals surface area contributed by atoms with Gasteiger partial charge >= 0.3 is 0 Å². The van der Waals surface area contributed by atoms with E-state index in [0.29, 0.717) is 12.0 Å². The number of allylic oxidation sites excluding steroid dienone is 2. The molecule has 4 bridgehead atoms. The summed E-state index contributed by atoms with van der Waals surface area (Å²) < 4.78 is 0. The zero-order chi connectivity index (χ0) is 14.6. The summed E-state index contributed by atoms with van der Waals surface area (Å²) >= 11 is 0. The van der Waals surface area contributed by atoms with E-state index < -0.39 is 0 Å². The molecule has 2 aliphatic carbocycles. The number of nitrogens with one attached hydrogen (secondary N) is 1. The van der Waals surface area contributed by atoms with Crippen LogP contribution in [0.15, 0.2) is 28.3 Å². The second kappa shape index (κ2) is 4.81. The van der Waals surface area contributed by atoms with Crippen molar-refractivity contribution in [2.45, 2.75) is 64.5 Å². The van der Waals surface area contributed by atoms with Gasteiger partial charge in [0.1, 0.15) is 0 Å². The van der Waals surface area contributed by atoms with Gasteiger partial charge in [0, 0.05) is 30.1 Å². The summed E-state index contributed by atoms with van der Waals surface area (Å²) in [4.78, 5) is 5.29. The van der Waals surface area contributed by atoms with Gasteiger partial charge in [-0.05, 0) is 43.1 Å². The Kier molecular flexibility index (Phi) is 3.15. The third-order valence-electron chi connectivity index (χ3n) is 6.82. The van der Waals surface area contributed by atoms with Gasteiger partial charge in [0.05, 0.1) is 6.04 Å². The van der Waals surface area contributed by atoms with Crippen molar-refractivity contribution in [2.75, 3.05) is 6.54 Å². The van der Waals surface area contributed by atoms with Crippen LogP contribution in [0.2, 0.25) is 0 Å². The maximum Gasteiger partial charge on any atom is 0.0576 e. The molecule has 0 amide bonds. The van der Waals surface area contributed by atoms with Crippen LogP contribution in [0.25, 0.3) is 0 Å². The fourth-order valence-corrected chi connectivity index (χ4v) is 5.60. The summed E-state index contributed by atoms with van der Waals surface area (Å²) in [5.74, 6) is 2.15. The van der Waals surface area contributed by atoms with Crippen LogP contribution in [-0.4, -0.2) is 23.8 Å². The molecule has 1 saturated carbocycles. The van der Waals surface area contributed by atoms with Crippen molar-refractivity contribution in [2.24, 2.45) is 22.7 Å². The summed E-state index contributed by atoms with van der Waals surface area (Å²) in [5.41, 5.74) is 5.10. The molecular formula is C19H28N2. The normalized spacial score (nSPS) is 44.4. The Bertz CT molecular complexity index is 542. The van der Waals surface area contributed by atoms with Crippen molar-refractivity contribution in [3.05, 3.63) is 23.3 Å². The van der Waals surface area contributed by atoms with E-state index in [1.807, 2.05) is 0 Å². The van der Waals surface area contributed by atoms with E-state index in [9.17, 15) is 0 Å². The van der Waals surface area contributed by atoms with Gasteiger partial charge in [0.15, 0.2) is 0 Å². The fourth-order valence-electron chi connectivity index (χ4n) is 5.60. The van der Waals surface area contributed by atoms with Crippen molar-refractivity contribution in [3.8, 4) is 0 Å². The van der Waals surface area contributed by atoms with Crippen LogP contribution in [-0.2, 0) is 0 Å². The Morgan fingerprint density at radius 3 is 3.00 bits per heavy atom. The minimum Gasteiger partial charge on any atom is -0.307 e. The molecule has 0 saturated heterocycles. The van der Waals surface area contributed by atoms with Crippen molar-refractivity contribution in [3.63, 3.8) is 0 Å². The van der Waals surface area contributed by atoms with Crippen LogP contribution in [0.4, 0.5) is 0 Å². The number of aliphatic imine (C=N–C) groups is 1. The Balaban J connectivity index is 1.91. The highest BCUT2D eigenvalue weighted by Crippen LogP contribution is 2.51. The molecule has 1 fully saturated rings. The van der Waals surface area contributed by atoms with Crippen LogP contribution >= 0.6 is 0 Å². The maximum atomic E-state index is 5.29. The van der Waals surface area contributed by atoms with Crippen molar-refractivity contribution in [1.29, 1.82) is 0 Å². The minimum absolute atomic E-state index is 0.257. The number of fused-ring (bicyclic) bond motifs is 2. The first kappa shape index (κ1) is 13.8. The second-order valence-electron chi connectivity index (χ2n) is 7.57. The minimum atomic E-state index is 0.257. The maximum absolute atomic E-state index is 5.29. The highest BCUT2D eigenvalue weighted by Gasteiger charge is 2.51. The molecule has 5 unspecified atom stereocenters. The SMILES string of the molecule is CCC1C2N=C3CC4=C(CC3C2C)CC1(CC)NCC=C4. The van der Waals surface area contributed by atoms with E-state index in [4.69, 9.17) is 4.99 Å². The largest absolute Gasteiger partial charge is 0.307 e. The summed E-state index contributed by atoms with van der Waals surface area (Å²) in [6.07, 6.45) is 10.8. The number of hydrogen-bond acceptors (Lipinski definition) is 2. The van der Waals surface area contributed by atoms with E-state index in [-0.39, 0.29) is 5.54 Å². The Hall–Kier alpha value is -0.890. The second-order valence-corrected chi connectivity index (χ2v) is 7.57. The molecule has 0 aromatic rings. The molecule has 4 rings (SSSR count). The predicted octanol–water partition coefficient (Wildman–Crippen LogP) is 3.89. The first-order valence-electron chi connectivity index (χ1n) is 8.87. The third-order valence-corrected chi connectivity index (χ3v) is 6.82. The summed E-state index contributed by atoms with van der Waals surface area (Å²) in [7, 11) is 0. The van der Waals surface area contributed by atoms with Crippen LogP contribution in [0.1, 0.15) is 52.9 Å². The van der Waals surface area contributed by atoms with Crippen LogP contribution in [0, 0.1) is 17.8 Å². The molecule has 2 heterocycles. The van der Waals surface area contributed by atoms with Gasteiger partial charge in [0.25, 0.3) is 0 Å². The van der Waals surface area contributed by atoms with Gasteiger partial charge in [-0.2, -0.15) is 0 Å². The lowest BCUT2D eigenvalue weighted by Crippen LogP contribution is -2.56. The summed E-state index contributed by atoms with van der Waals surface area (Å²) in [6.45, 7) is 8.22. The van der Waals surface area contributed by atoms with E-state index >= 15 is 0 Å². The lowest BCUT2D eigenvalue weighted by Gasteiger charge is -2.48. The van der Waals surface area contributed by atoms with E-state index in [1.54, 1.807) is 11.1 Å². The molecule has 114 valence electrons. The molecule has 5 atom stereocenters. The van der Waals surface area contributed by atoms with Crippen LogP contribution in [0.3, 0.4) is 0 Å². The standard InChI is InChI=1S/C19H28N2/c1-4-16-18-12(3)15-9-14-11-19(16,5-2)20-8-6-7-13(14)10-17(15)21-18/h6-7,12,15-16,18,20H,4-5,8-11H2,1-3H3. The van der Waals surface area contributed by atoms with Gasteiger partial charge in [-0.1, -0.05) is 38.5 Å². The van der Waals surface area contributed by atoms with Crippen LogP contribution in [0.5, 0.6) is 0 Å². The first-order valence-corrected chi connectivity index (χ1v) is 8.87.